The highest BCUT2D eigenvalue weighted by atomic mass is 28.1. The molecular weight excluding hydrogens is 266 g/mol. The van der Waals surface area contributed by atoms with Gasteiger partial charge in [0.15, 0.2) is 0 Å². The van der Waals surface area contributed by atoms with E-state index in [1.54, 1.807) is 6.92 Å². The highest BCUT2D eigenvalue weighted by Crippen LogP contribution is 2.61. The molecular formula is C9H16F6OSi. The minimum absolute atomic E-state index is 0. The summed E-state index contributed by atoms with van der Waals surface area (Å²) < 4.78 is 79.7. The number of ether oxygens (including phenoxy) is 1. The van der Waals surface area contributed by atoms with Crippen LogP contribution in [0.25, 0.3) is 0 Å². The van der Waals surface area contributed by atoms with Crippen molar-refractivity contribution >= 4 is 11.0 Å². The number of alkyl halides is 6. The van der Waals surface area contributed by atoms with Gasteiger partial charge in [-0.1, -0.05) is 19.8 Å². The van der Waals surface area contributed by atoms with Crippen molar-refractivity contribution in [2.75, 3.05) is 6.61 Å². The maximum atomic E-state index is 13.2. The van der Waals surface area contributed by atoms with Gasteiger partial charge in [0.1, 0.15) is 0 Å². The fourth-order valence-corrected chi connectivity index (χ4v) is 1.44. The van der Waals surface area contributed by atoms with Gasteiger partial charge in [0.05, 0.1) is 6.61 Å². The van der Waals surface area contributed by atoms with Gasteiger partial charge in [0.2, 0.25) is 6.17 Å². The molecule has 8 heteroatoms. The molecule has 17 heavy (non-hydrogen) atoms. The van der Waals surface area contributed by atoms with Crippen molar-refractivity contribution in [2.24, 2.45) is 0 Å². The quantitative estimate of drug-likeness (QED) is 0.426. The zero-order chi connectivity index (χ0) is 12.6. The summed E-state index contributed by atoms with van der Waals surface area (Å²) in [5.41, 5.74) is 0. The molecule has 2 unspecified atom stereocenters. The first-order valence-corrected chi connectivity index (χ1v) is 4.94. The summed E-state index contributed by atoms with van der Waals surface area (Å²) in [6.07, 6.45) is -2.11. The number of halogens is 6. The van der Waals surface area contributed by atoms with Crippen molar-refractivity contribution in [3.05, 3.63) is 0 Å². The van der Waals surface area contributed by atoms with Crippen LogP contribution in [0.1, 0.15) is 26.2 Å². The second-order valence-corrected chi connectivity index (χ2v) is 3.76. The minimum atomic E-state index is -5.11. The van der Waals surface area contributed by atoms with Gasteiger partial charge in [-0.05, 0) is 17.4 Å². The van der Waals surface area contributed by atoms with Crippen molar-refractivity contribution in [1.29, 1.82) is 0 Å². The summed E-state index contributed by atoms with van der Waals surface area (Å²) in [4.78, 5) is 0. The summed E-state index contributed by atoms with van der Waals surface area (Å²) >= 11 is 0. The lowest BCUT2D eigenvalue weighted by atomic mass is 9.80. The van der Waals surface area contributed by atoms with Crippen LogP contribution in [0.4, 0.5) is 26.3 Å². The van der Waals surface area contributed by atoms with E-state index in [1.165, 1.54) is 0 Å². The molecule has 0 saturated heterocycles. The Morgan fingerprint density at radius 1 is 1.06 bits per heavy atom. The van der Waals surface area contributed by atoms with Crippen molar-refractivity contribution in [1.82, 2.24) is 0 Å². The lowest BCUT2D eigenvalue weighted by Gasteiger charge is -2.49. The van der Waals surface area contributed by atoms with Crippen LogP contribution >= 0.6 is 0 Å². The van der Waals surface area contributed by atoms with Crippen molar-refractivity contribution in [3.8, 4) is 0 Å². The molecule has 0 spiro atoms. The smallest absolute Gasteiger partial charge is 0.339 e. The number of rotatable bonds is 5. The van der Waals surface area contributed by atoms with Crippen LogP contribution in [0.2, 0.25) is 0 Å². The Balaban J connectivity index is 0.00000256. The van der Waals surface area contributed by atoms with E-state index in [4.69, 9.17) is 0 Å². The van der Waals surface area contributed by atoms with Gasteiger partial charge >= 0.3 is 17.7 Å². The Kier molecular flexibility index (Phi) is 5.10. The Hall–Kier alpha value is -0.243. The van der Waals surface area contributed by atoms with Crippen LogP contribution in [-0.2, 0) is 4.74 Å². The number of unbranched alkanes of at least 4 members (excludes halogenated alkanes) is 2. The van der Waals surface area contributed by atoms with E-state index in [-0.39, 0.29) is 17.4 Å². The van der Waals surface area contributed by atoms with Crippen molar-refractivity contribution < 1.29 is 31.1 Å². The van der Waals surface area contributed by atoms with Crippen molar-refractivity contribution in [2.45, 2.75) is 50.1 Å². The van der Waals surface area contributed by atoms with E-state index in [0.717, 1.165) is 0 Å². The highest BCUT2D eigenvalue weighted by molar-refractivity contribution is 5.75. The largest absolute Gasteiger partial charge is 0.373 e. The molecule has 1 nitrogen and oxygen atoms in total. The lowest BCUT2D eigenvalue weighted by molar-refractivity contribution is -0.464. The molecule has 0 radical (unpaired) electrons. The summed E-state index contributed by atoms with van der Waals surface area (Å²) in [5.74, 6) is -14.3. The molecule has 2 atom stereocenters. The van der Waals surface area contributed by atoms with E-state index >= 15 is 0 Å². The lowest BCUT2D eigenvalue weighted by Crippen LogP contribution is -2.79. The van der Waals surface area contributed by atoms with Gasteiger partial charge in [-0.15, -0.1) is 0 Å². The fraction of sp³-hybridized carbons (Fsp3) is 1.00. The summed E-state index contributed by atoms with van der Waals surface area (Å²) in [5, 5.41) is 0. The van der Waals surface area contributed by atoms with E-state index < -0.39 is 30.5 Å². The molecule has 1 fully saturated rings. The molecule has 0 heterocycles. The first-order chi connectivity index (χ1) is 7.22. The maximum absolute atomic E-state index is 13.2. The van der Waals surface area contributed by atoms with Crippen LogP contribution < -0.4 is 0 Å². The van der Waals surface area contributed by atoms with Crippen LogP contribution in [0, 0.1) is 0 Å². The molecule has 0 aromatic carbocycles. The maximum Gasteiger partial charge on any atom is 0.373 e. The van der Waals surface area contributed by atoms with Gasteiger partial charge in [-0.25, -0.2) is 8.78 Å². The Bertz CT molecular complexity index is 262. The second kappa shape index (κ2) is 5.17. The normalized spacial score (nSPS) is 33.7. The Morgan fingerprint density at radius 2 is 1.59 bits per heavy atom. The first-order valence-electron chi connectivity index (χ1n) is 4.94. The van der Waals surface area contributed by atoms with Gasteiger partial charge in [-0.2, -0.15) is 17.6 Å². The van der Waals surface area contributed by atoms with Crippen molar-refractivity contribution in [3.63, 3.8) is 0 Å². The second-order valence-electron chi connectivity index (χ2n) is 3.76. The van der Waals surface area contributed by atoms with Crippen LogP contribution in [0.3, 0.4) is 0 Å². The first kappa shape index (κ1) is 16.8. The van der Waals surface area contributed by atoms with E-state index in [9.17, 15) is 26.3 Å². The highest BCUT2D eigenvalue weighted by Gasteiger charge is 2.91. The average molecular weight is 282 g/mol. The predicted octanol–water partition coefficient (Wildman–Crippen LogP) is 2.03. The van der Waals surface area contributed by atoms with Gasteiger partial charge in [0, 0.05) is 0 Å². The molecule has 1 aliphatic rings. The zero-order valence-corrected chi connectivity index (χ0v) is 8.58. The molecule has 0 bridgehead atoms. The molecule has 1 saturated carbocycles. The molecule has 0 aromatic heterocycles. The standard InChI is InChI=1S/C9H12F6O.H4Si/c1-2-3-4-5-16-8(13)6(10)7(11,12)9(8,14)15;/h6H,2-5H2,1H3;1H4. The third-order valence-electron chi connectivity index (χ3n) is 2.55. The monoisotopic (exact) mass is 282 g/mol. The average Bonchev–Trinajstić information content (AvgIpc) is 2.22. The van der Waals surface area contributed by atoms with Crippen LogP contribution in [0.5, 0.6) is 0 Å². The van der Waals surface area contributed by atoms with E-state index in [1.807, 2.05) is 0 Å². The molecule has 0 aliphatic heterocycles. The van der Waals surface area contributed by atoms with E-state index in [2.05, 4.69) is 4.74 Å². The molecule has 0 aromatic rings. The van der Waals surface area contributed by atoms with Gasteiger partial charge < -0.3 is 4.74 Å². The third kappa shape index (κ3) is 2.21. The summed E-state index contributed by atoms with van der Waals surface area (Å²) in [6.45, 7) is 1.30. The molecule has 1 rings (SSSR count). The molecule has 0 N–H and O–H groups in total. The van der Waals surface area contributed by atoms with E-state index in [0.29, 0.717) is 12.8 Å². The van der Waals surface area contributed by atoms with Gasteiger partial charge in [-0.3, -0.25) is 0 Å². The third-order valence-corrected chi connectivity index (χ3v) is 2.55. The number of hydrogen-bond donors (Lipinski definition) is 0. The Morgan fingerprint density at radius 3 is 2.00 bits per heavy atom. The SMILES string of the molecule is CCCCCOC1(F)C(F)C(F)(F)C1(F)F.[SiH4]. The summed E-state index contributed by atoms with van der Waals surface area (Å²) in [6, 6.07) is 0. The number of hydrogen-bond acceptors (Lipinski definition) is 1. The molecule has 1 aliphatic carbocycles. The topological polar surface area (TPSA) is 9.23 Å². The fourth-order valence-electron chi connectivity index (χ4n) is 1.44. The van der Waals surface area contributed by atoms with Gasteiger partial charge in [0.25, 0.3) is 0 Å². The zero-order valence-electron chi connectivity index (χ0n) is 8.58. The van der Waals surface area contributed by atoms with Crippen LogP contribution in [-0.4, -0.2) is 41.4 Å². The minimum Gasteiger partial charge on any atom is -0.339 e. The van der Waals surface area contributed by atoms with Crippen LogP contribution in [0.15, 0.2) is 0 Å². The predicted molar refractivity (Wildman–Crippen MR) is 55.4 cm³/mol. The molecule has 104 valence electrons. The molecule has 0 amide bonds. The Labute approximate surface area is 99.5 Å². The summed E-state index contributed by atoms with van der Waals surface area (Å²) in [7, 11) is 0.